The number of aliphatic hydroxyl groups excluding tert-OH is 1. The first-order valence-electron chi connectivity index (χ1n) is 4.23. The predicted molar refractivity (Wildman–Crippen MR) is 59.5 cm³/mol. The fourth-order valence-electron chi connectivity index (χ4n) is 0.828. The maximum Gasteiger partial charge on any atom is 0.224 e. The van der Waals surface area contributed by atoms with Gasteiger partial charge >= 0.3 is 0 Å². The molecule has 1 rings (SSSR count). The van der Waals surface area contributed by atoms with Crippen LogP contribution in [0.5, 0.6) is 0 Å². The van der Waals surface area contributed by atoms with Crippen molar-refractivity contribution in [2.45, 2.75) is 19.4 Å². The van der Waals surface area contributed by atoms with Crippen molar-refractivity contribution in [2.75, 3.05) is 11.9 Å². The van der Waals surface area contributed by atoms with Gasteiger partial charge in [-0.3, -0.25) is 0 Å². The van der Waals surface area contributed by atoms with Crippen LogP contribution in [0.2, 0.25) is 5.28 Å². The molecule has 0 fully saturated rings. The first-order chi connectivity index (χ1) is 6.63. The standard InChI is InChI=1S/C8H11BrClN3O/c1-2-5(14)3-11-7-6(9)4-12-8(10)13-7/h4-5,14H,2-3H2,1H3,(H,11,12,13). The Balaban J connectivity index is 2.62. The highest BCUT2D eigenvalue weighted by molar-refractivity contribution is 9.10. The van der Waals surface area contributed by atoms with E-state index >= 15 is 0 Å². The van der Waals surface area contributed by atoms with Crippen LogP contribution in [0.15, 0.2) is 10.7 Å². The molecule has 0 saturated heterocycles. The Morgan fingerprint density at radius 2 is 2.43 bits per heavy atom. The van der Waals surface area contributed by atoms with Crippen molar-refractivity contribution < 1.29 is 5.11 Å². The molecular formula is C8H11BrClN3O. The quantitative estimate of drug-likeness (QED) is 0.829. The second kappa shape index (κ2) is 5.48. The summed E-state index contributed by atoms with van der Waals surface area (Å²) >= 11 is 8.90. The van der Waals surface area contributed by atoms with E-state index in [-0.39, 0.29) is 11.4 Å². The average Bonchev–Trinajstić information content (AvgIpc) is 2.19. The van der Waals surface area contributed by atoms with Crippen molar-refractivity contribution in [2.24, 2.45) is 0 Å². The van der Waals surface area contributed by atoms with Crippen molar-refractivity contribution >= 4 is 33.3 Å². The van der Waals surface area contributed by atoms with Gasteiger partial charge in [-0.25, -0.2) is 4.98 Å². The third-order valence-electron chi connectivity index (χ3n) is 1.69. The second-order valence-electron chi connectivity index (χ2n) is 2.78. The molecule has 0 aliphatic rings. The first kappa shape index (κ1) is 11.7. The molecule has 6 heteroatoms. The van der Waals surface area contributed by atoms with Crippen molar-refractivity contribution in [1.82, 2.24) is 9.97 Å². The van der Waals surface area contributed by atoms with E-state index in [0.717, 1.165) is 4.47 Å². The summed E-state index contributed by atoms with van der Waals surface area (Å²) in [5.41, 5.74) is 0. The molecule has 1 aromatic rings. The summed E-state index contributed by atoms with van der Waals surface area (Å²) in [5, 5.41) is 12.5. The molecule has 1 aromatic heterocycles. The maximum absolute atomic E-state index is 9.33. The number of hydrogen-bond donors (Lipinski definition) is 2. The summed E-state index contributed by atoms with van der Waals surface area (Å²) in [4.78, 5) is 7.76. The summed E-state index contributed by atoms with van der Waals surface area (Å²) in [6.45, 7) is 2.36. The zero-order chi connectivity index (χ0) is 10.6. The van der Waals surface area contributed by atoms with Gasteiger partial charge in [-0.2, -0.15) is 4.98 Å². The third kappa shape index (κ3) is 3.40. The second-order valence-corrected chi connectivity index (χ2v) is 3.97. The Bertz CT molecular complexity index is 311. The van der Waals surface area contributed by atoms with Gasteiger partial charge in [0.2, 0.25) is 5.28 Å². The van der Waals surface area contributed by atoms with Crippen molar-refractivity contribution in [3.63, 3.8) is 0 Å². The fraction of sp³-hybridized carbons (Fsp3) is 0.500. The van der Waals surface area contributed by atoms with E-state index < -0.39 is 0 Å². The Hall–Kier alpha value is -0.390. The molecule has 14 heavy (non-hydrogen) atoms. The molecule has 0 radical (unpaired) electrons. The minimum absolute atomic E-state index is 0.182. The van der Waals surface area contributed by atoms with Gasteiger partial charge in [-0.15, -0.1) is 0 Å². The molecule has 0 saturated carbocycles. The average molecular weight is 281 g/mol. The van der Waals surface area contributed by atoms with E-state index in [4.69, 9.17) is 11.6 Å². The lowest BCUT2D eigenvalue weighted by Crippen LogP contribution is -2.19. The van der Waals surface area contributed by atoms with E-state index in [1.165, 1.54) is 0 Å². The van der Waals surface area contributed by atoms with Gasteiger partial charge in [0.05, 0.1) is 10.6 Å². The highest BCUT2D eigenvalue weighted by atomic mass is 79.9. The Labute approximate surface area is 95.8 Å². The number of halogens is 2. The van der Waals surface area contributed by atoms with Gasteiger partial charge in [-0.05, 0) is 34.0 Å². The van der Waals surface area contributed by atoms with Gasteiger partial charge in [0.1, 0.15) is 5.82 Å². The highest BCUT2D eigenvalue weighted by Gasteiger charge is 2.05. The van der Waals surface area contributed by atoms with E-state index in [1.54, 1.807) is 6.20 Å². The molecule has 1 heterocycles. The Morgan fingerprint density at radius 3 is 3.07 bits per heavy atom. The zero-order valence-electron chi connectivity index (χ0n) is 7.67. The smallest absolute Gasteiger partial charge is 0.224 e. The molecule has 4 nitrogen and oxygen atoms in total. The van der Waals surface area contributed by atoms with E-state index in [2.05, 4.69) is 31.2 Å². The fourth-order valence-corrected chi connectivity index (χ4v) is 1.29. The summed E-state index contributed by atoms with van der Waals surface area (Å²) in [6, 6.07) is 0. The van der Waals surface area contributed by atoms with E-state index in [0.29, 0.717) is 18.8 Å². The first-order valence-corrected chi connectivity index (χ1v) is 5.40. The number of anilines is 1. The monoisotopic (exact) mass is 279 g/mol. The lowest BCUT2D eigenvalue weighted by Gasteiger charge is -2.10. The molecule has 78 valence electrons. The number of rotatable bonds is 4. The summed E-state index contributed by atoms with van der Waals surface area (Å²) < 4.78 is 0.727. The number of nitrogens with zero attached hydrogens (tertiary/aromatic N) is 2. The summed E-state index contributed by atoms with van der Waals surface area (Å²) in [5.74, 6) is 0.595. The molecule has 0 aromatic carbocycles. The van der Waals surface area contributed by atoms with Gasteiger partial charge in [0, 0.05) is 12.7 Å². The molecule has 1 unspecified atom stereocenters. The summed E-state index contributed by atoms with van der Waals surface area (Å²) in [7, 11) is 0. The number of hydrogen-bond acceptors (Lipinski definition) is 4. The van der Waals surface area contributed by atoms with Crippen molar-refractivity contribution in [3.05, 3.63) is 16.0 Å². The molecule has 0 amide bonds. The molecular weight excluding hydrogens is 269 g/mol. The van der Waals surface area contributed by atoms with Crippen LogP contribution in [0.4, 0.5) is 5.82 Å². The lowest BCUT2D eigenvalue weighted by atomic mass is 10.3. The Morgan fingerprint density at radius 1 is 1.71 bits per heavy atom. The van der Waals surface area contributed by atoms with Gasteiger partial charge < -0.3 is 10.4 Å². The van der Waals surface area contributed by atoms with Gasteiger partial charge in [0.25, 0.3) is 0 Å². The van der Waals surface area contributed by atoms with Crippen LogP contribution in [0.25, 0.3) is 0 Å². The predicted octanol–water partition coefficient (Wildman–Crippen LogP) is 2.08. The molecule has 1 atom stereocenters. The van der Waals surface area contributed by atoms with Gasteiger partial charge in [0.15, 0.2) is 0 Å². The minimum atomic E-state index is -0.379. The topological polar surface area (TPSA) is 58.0 Å². The van der Waals surface area contributed by atoms with E-state index in [1.807, 2.05) is 6.92 Å². The molecule has 0 spiro atoms. The number of aliphatic hydroxyl groups is 1. The van der Waals surface area contributed by atoms with Gasteiger partial charge in [-0.1, -0.05) is 6.92 Å². The van der Waals surface area contributed by atoms with Crippen LogP contribution in [-0.4, -0.2) is 27.7 Å². The molecule has 2 N–H and O–H groups in total. The van der Waals surface area contributed by atoms with Crippen LogP contribution in [0.1, 0.15) is 13.3 Å². The van der Waals surface area contributed by atoms with Crippen LogP contribution < -0.4 is 5.32 Å². The zero-order valence-corrected chi connectivity index (χ0v) is 10.0. The Kier molecular flexibility index (Phi) is 4.57. The van der Waals surface area contributed by atoms with Crippen LogP contribution in [0.3, 0.4) is 0 Å². The van der Waals surface area contributed by atoms with Crippen molar-refractivity contribution in [3.8, 4) is 0 Å². The molecule has 0 bridgehead atoms. The largest absolute Gasteiger partial charge is 0.391 e. The number of nitrogens with one attached hydrogen (secondary N) is 1. The number of aromatic nitrogens is 2. The summed E-state index contributed by atoms with van der Waals surface area (Å²) in [6.07, 6.45) is 1.88. The minimum Gasteiger partial charge on any atom is -0.391 e. The highest BCUT2D eigenvalue weighted by Crippen LogP contribution is 2.19. The van der Waals surface area contributed by atoms with Crippen LogP contribution in [0, 0.1) is 0 Å². The maximum atomic E-state index is 9.33. The normalized spacial score (nSPS) is 12.6. The lowest BCUT2D eigenvalue weighted by molar-refractivity contribution is 0.183. The molecule has 0 aliphatic carbocycles. The van der Waals surface area contributed by atoms with Crippen molar-refractivity contribution in [1.29, 1.82) is 0 Å². The van der Waals surface area contributed by atoms with Crippen LogP contribution >= 0.6 is 27.5 Å². The van der Waals surface area contributed by atoms with Crippen LogP contribution in [-0.2, 0) is 0 Å². The third-order valence-corrected chi connectivity index (χ3v) is 2.45. The molecule has 0 aliphatic heterocycles. The van der Waals surface area contributed by atoms with E-state index in [9.17, 15) is 5.11 Å². The SMILES string of the molecule is CCC(O)CNc1nc(Cl)ncc1Br.